The Labute approximate surface area is 179 Å². The number of nitrogens with zero attached hydrogens (tertiary/aromatic N) is 3. The molecule has 1 atom stereocenters. The molecule has 0 saturated carbocycles. The van der Waals surface area contributed by atoms with Gasteiger partial charge in [-0.25, -0.2) is 4.98 Å². The van der Waals surface area contributed by atoms with Crippen molar-refractivity contribution in [1.82, 2.24) is 14.5 Å². The van der Waals surface area contributed by atoms with Gasteiger partial charge in [-0.05, 0) is 43.5 Å². The van der Waals surface area contributed by atoms with E-state index in [1.807, 2.05) is 18.5 Å². The summed E-state index contributed by atoms with van der Waals surface area (Å²) in [6, 6.07) is 6.65. The second kappa shape index (κ2) is 8.22. The highest BCUT2D eigenvalue weighted by atomic mass is 35.5. The van der Waals surface area contributed by atoms with Crippen LogP contribution in [0.15, 0.2) is 24.3 Å². The fourth-order valence-electron chi connectivity index (χ4n) is 3.35. The molecule has 0 aliphatic carbocycles. The van der Waals surface area contributed by atoms with E-state index in [4.69, 9.17) is 23.2 Å². The second-order valence-electron chi connectivity index (χ2n) is 7.26. The molecule has 3 aromatic rings. The van der Waals surface area contributed by atoms with Gasteiger partial charge in [0.05, 0.1) is 11.6 Å². The number of amides is 1. The maximum Gasteiger partial charge on any atom is 0.253 e. The van der Waals surface area contributed by atoms with Gasteiger partial charge in [0.25, 0.3) is 5.91 Å². The van der Waals surface area contributed by atoms with Crippen LogP contribution in [0.3, 0.4) is 0 Å². The highest BCUT2D eigenvalue weighted by Gasteiger charge is 2.23. The molecule has 0 radical (unpaired) electrons. The first-order valence-electron chi connectivity index (χ1n) is 9.14. The van der Waals surface area contributed by atoms with Crippen molar-refractivity contribution in [3.63, 3.8) is 0 Å². The maximum atomic E-state index is 12.8. The standard InChI is InChI=1S/C21H23Cl2N3O3/c1-11-24-19-17(26(11)4)10-15(21(29)25(2)3)13(20(19)28)7-8-18(27)14-6-5-12(22)9-16(14)23/h5-6,9-10,18,27-28H,7-8H2,1-4H3/t18-/m1/s1. The van der Waals surface area contributed by atoms with Gasteiger partial charge in [-0.1, -0.05) is 29.3 Å². The summed E-state index contributed by atoms with van der Waals surface area (Å²) in [5, 5.41) is 22.4. The lowest BCUT2D eigenvalue weighted by atomic mass is 9.95. The predicted molar refractivity (Wildman–Crippen MR) is 115 cm³/mol. The fourth-order valence-corrected chi connectivity index (χ4v) is 3.89. The Bertz CT molecular complexity index is 1090. The first-order valence-corrected chi connectivity index (χ1v) is 9.90. The number of benzene rings is 2. The van der Waals surface area contributed by atoms with Gasteiger partial charge >= 0.3 is 0 Å². The molecule has 0 aliphatic heterocycles. The van der Waals surface area contributed by atoms with Gasteiger partial charge in [0.15, 0.2) is 0 Å². The van der Waals surface area contributed by atoms with Crippen molar-refractivity contribution in [2.45, 2.75) is 25.9 Å². The summed E-state index contributed by atoms with van der Waals surface area (Å²) in [7, 11) is 5.15. The number of aromatic hydroxyl groups is 1. The molecule has 1 heterocycles. The minimum atomic E-state index is -0.873. The topological polar surface area (TPSA) is 78.6 Å². The van der Waals surface area contributed by atoms with Gasteiger partial charge in [-0.15, -0.1) is 0 Å². The molecular formula is C21H23Cl2N3O3. The van der Waals surface area contributed by atoms with Crippen molar-refractivity contribution in [3.8, 4) is 5.75 Å². The Balaban J connectivity index is 2.02. The third kappa shape index (κ3) is 4.06. The van der Waals surface area contributed by atoms with Crippen molar-refractivity contribution in [1.29, 1.82) is 0 Å². The highest BCUT2D eigenvalue weighted by Crippen LogP contribution is 2.35. The summed E-state index contributed by atoms with van der Waals surface area (Å²) in [4.78, 5) is 18.6. The number of hydrogen-bond donors (Lipinski definition) is 2. The summed E-state index contributed by atoms with van der Waals surface area (Å²) in [5.74, 6) is 0.463. The van der Waals surface area contributed by atoms with Crippen LogP contribution < -0.4 is 0 Å². The molecule has 8 heteroatoms. The van der Waals surface area contributed by atoms with Gasteiger partial charge in [0.2, 0.25) is 0 Å². The molecule has 0 spiro atoms. The van der Waals surface area contributed by atoms with Crippen LogP contribution in [0.25, 0.3) is 11.0 Å². The molecule has 0 saturated heterocycles. The van der Waals surface area contributed by atoms with E-state index < -0.39 is 6.10 Å². The summed E-state index contributed by atoms with van der Waals surface area (Å²) >= 11 is 12.1. The number of aliphatic hydroxyl groups is 1. The summed E-state index contributed by atoms with van der Waals surface area (Å²) in [6.45, 7) is 1.83. The molecule has 1 aromatic heterocycles. The lowest BCUT2D eigenvalue weighted by molar-refractivity contribution is 0.0825. The summed E-state index contributed by atoms with van der Waals surface area (Å²) in [5.41, 5.74) is 2.51. The minimum Gasteiger partial charge on any atom is -0.505 e. The number of phenols is 1. The van der Waals surface area contributed by atoms with E-state index in [1.54, 1.807) is 38.4 Å². The van der Waals surface area contributed by atoms with Gasteiger partial charge in [-0.2, -0.15) is 0 Å². The number of phenolic OH excluding ortho intramolecular Hbond substituents is 1. The molecule has 2 N–H and O–H groups in total. The Kier molecular flexibility index (Phi) is 6.08. The third-order valence-electron chi connectivity index (χ3n) is 5.11. The number of hydrogen-bond acceptors (Lipinski definition) is 4. The zero-order valence-corrected chi connectivity index (χ0v) is 18.2. The average molecular weight is 436 g/mol. The van der Waals surface area contributed by atoms with Crippen LogP contribution in [0.2, 0.25) is 10.0 Å². The molecule has 2 aromatic carbocycles. The maximum absolute atomic E-state index is 12.8. The summed E-state index contributed by atoms with van der Waals surface area (Å²) < 4.78 is 1.83. The molecular weight excluding hydrogens is 413 g/mol. The first kappa shape index (κ1) is 21.4. The van der Waals surface area contributed by atoms with Crippen molar-refractivity contribution >= 4 is 40.1 Å². The lowest BCUT2D eigenvalue weighted by Gasteiger charge is -2.18. The molecule has 3 rings (SSSR count). The van der Waals surface area contributed by atoms with Crippen LogP contribution in [0, 0.1) is 6.92 Å². The number of aromatic nitrogens is 2. The smallest absolute Gasteiger partial charge is 0.253 e. The number of rotatable bonds is 5. The number of aryl methyl sites for hydroxylation is 2. The van der Waals surface area contributed by atoms with Gasteiger partial charge in [0.1, 0.15) is 17.1 Å². The van der Waals surface area contributed by atoms with Gasteiger partial charge in [-0.3, -0.25) is 4.79 Å². The van der Waals surface area contributed by atoms with Gasteiger partial charge < -0.3 is 19.7 Å². The van der Waals surface area contributed by atoms with Crippen LogP contribution in [0.5, 0.6) is 5.75 Å². The Morgan fingerprint density at radius 3 is 2.59 bits per heavy atom. The number of aliphatic hydroxyl groups excluding tert-OH is 1. The SMILES string of the molecule is Cc1nc2c(O)c(CC[C@@H](O)c3ccc(Cl)cc3Cl)c(C(=O)N(C)C)cc2n1C. The molecule has 154 valence electrons. The Morgan fingerprint density at radius 1 is 1.28 bits per heavy atom. The largest absolute Gasteiger partial charge is 0.505 e. The van der Waals surface area contributed by atoms with Crippen LogP contribution in [-0.4, -0.2) is 44.7 Å². The fraction of sp³-hybridized carbons (Fsp3) is 0.333. The van der Waals surface area contributed by atoms with Crippen molar-refractivity contribution < 1.29 is 15.0 Å². The Morgan fingerprint density at radius 2 is 1.97 bits per heavy atom. The number of carbonyl (C=O) groups excluding carboxylic acids is 1. The molecule has 0 bridgehead atoms. The molecule has 1 amide bonds. The van der Waals surface area contributed by atoms with E-state index in [0.29, 0.717) is 37.8 Å². The zero-order chi connectivity index (χ0) is 21.5. The van der Waals surface area contributed by atoms with E-state index in [2.05, 4.69) is 4.98 Å². The number of halogens is 2. The normalized spacial score (nSPS) is 12.4. The predicted octanol–water partition coefficient (Wildman–Crippen LogP) is 4.26. The monoisotopic (exact) mass is 435 g/mol. The highest BCUT2D eigenvalue weighted by molar-refractivity contribution is 6.35. The van der Waals surface area contributed by atoms with Crippen LogP contribution in [-0.2, 0) is 13.5 Å². The van der Waals surface area contributed by atoms with E-state index in [-0.39, 0.29) is 24.5 Å². The number of fused-ring (bicyclic) bond motifs is 1. The lowest BCUT2D eigenvalue weighted by Crippen LogP contribution is -2.23. The molecule has 6 nitrogen and oxygen atoms in total. The molecule has 0 unspecified atom stereocenters. The Hall–Kier alpha value is -2.28. The minimum absolute atomic E-state index is 0.0363. The van der Waals surface area contributed by atoms with E-state index >= 15 is 0 Å². The van der Waals surface area contributed by atoms with Crippen molar-refractivity contribution in [3.05, 3.63) is 56.8 Å². The van der Waals surface area contributed by atoms with E-state index in [9.17, 15) is 15.0 Å². The van der Waals surface area contributed by atoms with E-state index in [1.165, 1.54) is 4.90 Å². The van der Waals surface area contributed by atoms with Crippen LogP contribution >= 0.6 is 23.2 Å². The molecule has 29 heavy (non-hydrogen) atoms. The average Bonchev–Trinajstić information content (AvgIpc) is 2.94. The zero-order valence-electron chi connectivity index (χ0n) is 16.7. The second-order valence-corrected chi connectivity index (χ2v) is 8.10. The van der Waals surface area contributed by atoms with E-state index in [0.717, 1.165) is 5.82 Å². The van der Waals surface area contributed by atoms with Gasteiger partial charge in [0, 0.05) is 42.3 Å². The molecule has 0 aliphatic rings. The quantitative estimate of drug-likeness (QED) is 0.627. The summed E-state index contributed by atoms with van der Waals surface area (Å²) in [6.07, 6.45) is -0.338. The molecule has 0 fully saturated rings. The van der Waals surface area contributed by atoms with Crippen LogP contribution in [0.4, 0.5) is 0 Å². The van der Waals surface area contributed by atoms with Crippen LogP contribution in [0.1, 0.15) is 39.8 Å². The first-order chi connectivity index (χ1) is 13.6. The van der Waals surface area contributed by atoms with Crippen molar-refractivity contribution in [2.75, 3.05) is 14.1 Å². The van der Waals surface area contributed by atoms with Crippen molar-refractivity contribution in [2.24, 2.45) is 7.05 Å². The number of imidazole rings is 1. The number of carbonyl (C=O) groups is 1. The third-order valence-corrected chi connectivity index (χ3v) is 5.67.